The van der Waals surface area contributed by atoms with Gasteiger partial charge >= 0.3 is 5.97 Å². The van der Waals surface area contributed by atoms with Crippen LogP contribution in [-0.4, -0.2) is 28.1 Å². The maximum atomic E-state index is 11.6. The number of amides is 1. The van der Waals surface area contributed by atoms with Crippen LogP contribution in [0, 0.1) is 10.1 Å². The fourth-order valence-corrected chi connectivity index (χ4v) is 2.21. The lowest BCUT2D eigenvalue weighted by molar-refractivity contribution is -0.385. The number of benzene rings is 1. The Morgan fingerprint density at radius 2 is 2.25 bits per heavy atom. The summed E-state index contributed by atoms with van der Waals surface area (Å²) in [6.45, 7) is 1.64. The largest absolute Gasteiger partial charge is 0.479 e. The minimum Gasteiger partial charge on any atom is -0.479 e. The lowest BCUT2D eigenvalue weighted by Gasteiger charge is -2.38. The van der Waals surface area contributed by atoms with Gasteiger partial charge in [-0.05, 0) is 12.5 Å². The Kier molecular flexibility index (Phi) is 3.41. The third-order valence-corrected chi connectivity index (χ3v) is 3.22. The number of hydrogen-bond acceptors (Lipinski definition) is 5. The Bertz CT molecular complexity index is 588. The Balaban J connectivity index is 2.38. The molecule has 0 saturated carbocycles. The van der Waals surface area contributed by atoms with Crippen LogP contribution in [0.25, 0.3) is 0 Å². The highest BCUT2D eigenvalue weighted by Gasteiger charge is 2.40. The molecule has 8 nitrogen and oxygen atoms in total. The van der Waals surface area contributed by atoms with Gasteiger partial charge in [-0.1, -0.05) is 12.1 Å². The molecule has 2 atom stereocenters. The Hall–Kier alpha value is -2.48. The second kappa shape index (κ2) is 4.89. The Morgan fingerprint density at radius 1 is 1.55 bits per heavy atom. The van der Waals surface area contributed by atoms with E-state index in [1.807, 2.05) is 0 Å². The van der Waals surface area contributed by atoms with Crippen molar-refractivity contribution in [1.29, 1.82) is 0 Å². The summed E-state index contributed by atoms with van der Waals surface area (Å²) in [5.74, 6) is -1.64. The van der Waals surface area contributed by atoms with Crippen molar-refractivity contribution in [3.8, 4) is 0 Å². The summed E-state index contributed by atoms with van der Waals surface area (Å²) in [5.41, 5.74) is -0.589. The fraction of sp³-hybridized carbons (Fsp3) is 0.333. The second-order valence-corrected chi connectivity index (χ2v) is 4.80. The molecule has 1 aromatic rings. The number of nitro groups is 1. The number of nitrogens with one attached hydrogen (secondary N) is 2. The molecule has 20 heavy (non-hydrogen) atoms. The highest BCUT2D eigenvalue weighted by molar-refractivity contribution is 5.85. The molecule has 106 valence electrons. The van der Waals surface area contributed by atoms with Gasteiger partial charge in [0.2, 0.25) is 5.91 Å². The molecule has 0 aromatic heterocycles. The summed E-state index contributed by atoms with van der Waals surface area (Å²) < 4.78 is 0. The van der Waals surface area contributed by atoms with E-state index >= 15 is 0 Å². The number of hydrogen-bond donors (Lipinski definition) is 3. The number of carbonyl (C=O) groups is 2. The van der Waals surface area contributed by atoms with E-state index in [1.54, 1.807) is 13.0 Å². The van der Waals surface area contributed by atoms with E-state index < -0.39 is 28.5 Å². The molecule has 8 heteroatoms. The summed E-state index contributed by atoms with van der Waals surface area (Å²) in [5, 5.41) is 24.9. The smallest absolute Gasteiger partial charge is 0.341 e. The lowest BCUT2D eigenvalue weighted by Crippen LogP contribution is -2.63. The molecular weight excluding hydrogens is 266 g/mol. The molecule has 1 aliphatic rings. The molecule has 1 amide bonds. The standard InChI is InChI=1S/C12H13N3O5/c1-12(6-9(16)13-10(14-12)11(17)18)7-3-2-4-8(5-7)15(19)20/h2-5,10,14H,6H2,1H3,(H,13,16)(H,17,18). The highest BCUT2D eigenvalue weighted by Crippen LogP contribution is 2.29. The van der Waals surface area contributed by atoms with Crippen molar-refractivity contribution in [2.75, 3.05) is 0 Å². The van der Waals surface area contributed by atoms with Gasteiger partial charge < -0.3 is 10.4 Å². The quantitative estimate of drug-likeness (QED) is 0.541. The minimum absolute atomic E-state index is 0.00204. The Morgan fingerprint density at radius 3 is 2.85 bits per heavy atom. The molecular formula is C12H13N3O5. The first-order valence-electron chi connectivity index (χ1n) is 5.87. The van der Waals surface area contributed by atoms with Gasteiger partial charge in [0, 0.05) is 18.6 Å². The van der Waals surface area contributed by atoms with Crippen LogP contribution in [0.4, 0.5) is 5.69 Å². The van der Waals surface area contributed by atoms with E-state index in [1.165, 1.54) is 18.2 Å². The zero-order valence-electron chi connectivity index (χ0n) is 10.6. The van der Waals surface area contributed by atoms with Crippen LogP contribution in [0.1, 0.15) is 18.9 Å². The Labute approximate surface area is 113 Å². The predicted molar refractivity (Wildman–Crippen MR) is 67.8 cm³/mol. The van der Waals surface area contributed by atoms with Crippen LogP contribution < -0.4 is 10.6 Å². The van der Waals surface area contributed by atoms with Crippen molar-refractivity contribution < 1.29 is 19.6 Å². The first kappa shape index (κ1) is 13.9. The van der Waals surface area contributed by atoms with Gasteiger partial charge in [-0.15, -0.1) is 0 Å². The molecule has 1 aromatic carbocycles. The van der Waals surface area contributed by atoms with Crippen molar-refractivity contribution in [3.05, 3.63) is 39.9 Å². The average Bonchev–Trinajstić information content (AvgIpc) is 2.37. The van der Waals surface area contributed by atoms with Crippen LogP contribution in [0.3, 0.4) is 0 Å². The van der Waals surface area contributed by atoms with Crippen LogP contribution >= 0.6 is 0 Å². The molecule has 0 spiro atoms. The summed E-state index contributed by atoms with van der Waals surface area (Å²) in [7, 11) is 0. The third-order valence-electron chi connectivity index (χ3n) is 3.22. The molecule has 3 N–H and O–H groups in total. The highest BCUT2D eigenvalue weighted by atomic mass is 16.6. The van der Waals surface area contributed by atoms with Crippen LogP contribution in [-0.2, 0) is 15.1 Å². The number of nitrogens with zero attached hydrogens (tertiary/aromatic N) is 1. The number of carboxylic acid groups (broad SMARTS) is 1. The molecule has 0 radical (unpaired) electrons. The first-order valence-corrected chi connectivity index (χ1v) is 5.87. The predicted octanol–water partition coefficient (Wildman–Crippen LogP) is 0.330. The fourth-order valence-electron chi connectivity index (χ4n) is 2.21. The van der Waals surface area contributed by atoms with Crippen molar-refractivity contribution in [3.63, 3.8) is 0 Å². The number of aliphatic carboxylic acids is 1. The van der Waals surface area contributed by atoms with Gasteiger partial charge in [0.25, 0.3) is 5.69 Å². The van der Waals surface area contributed by atoms with Crippen molar-refractivity contribution in [2.45, 2.75) is 25.0 Å². The monoisotopic (exact) mass is 279 g/mol. The van der Waals surface area contributed by atoms with E-state index in [0.29, 0.717) is 5.56 Å². The lowest BCUT2D eigenvalue weighted by atomic mass is 9.86. The SMILES string of the molecule is CC1(c2cccc([N+](=O)[O-])c2)CC(=O)NC(C(=O)O)N1. The van der Waals surface area contributed by atoms with Gasteiger partial charge in [-0.25, -0.2) is 4.79 Å². The number of non-ortho nitro benzene ring substituents is 1. The van der Waals surface area contributed by atoms with Crippen LogP contribution in [0.5, 0.6) is 0 Å². The molecule has 1 aliphatic heterocycles. The van der Waals surface area contributed by atoms with E-state index in [-0.39, 0.29) is 12.1 Å². The molecule has 1 fully saturated rings. The molecule has 2 rings (SSSR count). The zero-order valence-corrected chi connectivity index (χ0v) is 10.6. The zero-order chi connectivity index (χ0) is 14.9. The summed E-state index contributed by atoms with van der Waals surface area (Å²) >= 11 is 0. The van der Waals surface area contributed by atoms with Gasteiger partial charge in [0.05, 0.1) is 10.5 Å². The van der Waals surface area contributed by atoms with Gasteiger partial charge in [0.15, 0.2) is 6.17 Å². The molecule has 2 unspecified atom stereocenters. The topological polar surface area (TPSA) is 122 Å². The maximum absolute atomic E-state index is 11.6. The average molecular weight is 279 g/mol. The molecule has 0 aliphatic carbocycles. The normalized spacial score (nSPS) is 25.9. The minimum atomic E-state index is -1.22. The third kappa shape index (κ3) is 2.59. The van der Waals surface area contributed by atoms with Crippen LogP contribution in [0.15, 0.2) is 24.3 Å². The van der Waals surface area contributed by atoms with Gasteiger partial charge in [-0.3, -0.25) is 20.2 Å². The van der Waals surface area contributed by atoms with E-state index in [9.17, 15) is 19.7 Å². The second-order valence-electron chi connectivity index (χ2n) is 4.80. The molecule has 0 bridgehead atoms. The first-order chi connectivity index (χ1) is 9.32. The summed E-state index contributed by atoms with van der Waals surface area (Å²) in [6.07, 6.45) is -1.22. The maximum Gasteiger partial charge on any atom is 0.341 e. The van der Waals surface area contributed by atoms with E-state index in [0.717, 1.165) is 0 Å². The van der Waals surface area contributed by atoms with E-state index in [2.05, 4.69) is 10.6 Å². The van der Waals surface area contributed by atoms with Gasteiger partial charge in [-0.2, -0.15) is 0 Å². The van der Waals surface area contributed by atoms with E-state index in [4.69, 9.17) is 5.11 Å². The summed E-state index contributed by atoms with van der Waals surface area (Å²) in [6, 6.07) is 5.80. The number of carboxylic acids is 1. The van der Waals surface area contributed by atoms with Crippen molar-refractivity contribution >= 4 is 17.6 Å². The number of nitro benzene ring substituents is 1. The number of carbonyl (C=O) groups excluding carboxylic acids is 1. The van der Waals surface area contributed by atoms with Crippen molar-refractivity contribution in [1.82, 2.24) is 10.6 Å². The van der Waals surface area contributed by atoms with Crippen molar-refractivity contribution in [2.24, 2.45) is 0 Å². The molecule has 1 heterocycles. The van der Waals surface area contributed by atoms with Crippen LogP contribution in [0.2, 0.25) is 0 Å². The summed E-state index contributed by atoms with van der Waals surface area (Å²) in [4.78, 5) is 32.9. The molecule has 1 saturated heterocycles. The number of rotatable bonds is 3. The van der Waals surface area contributed by atoms with Gasteiger partial charge in [0.1, 0.15) is 0 Å².